The lowest BCUT2D eigenvalue weighted by molar-refractivity contribution is 0.550. The van der Waals surface area contributed by atoms with E-state index in [0.717, 1.165) is 30.5 Å². The van der Waals surface area contributed by atoms with Crippen LogP contribution in [0.4, 0.5) is 10.2 Å². The summed E-state index contributed by atoms with van der Waals surface area (Å²) < 4.78 is 16.4. The Kier molecular flexibility index (Phi) is 8.15. The number of aliphatic imine (C=N–C) groups is 1. The minimum atomic E-state index is -0.414. The summed E-state index contributed by atoms with van der Waals surface area (Å²) in [7, 11) is 0. The monoisotopic (exact) mass is 449 g/mol. The molecule has 33 heavy (non-hydrogen) atoms. The molecule has 0 radical (unpaired) electrons. The second-order valence-corrected chi connectivity index (χ2v) is 8.58. The minimum absolute atomic E-state index is 0.0232. The molecule has 0 amide bonds. The van der Waals surface area contributed by atoms with E-state index in [-0.39, 0.29) is 6.54 Å². The highest BCUT2D eigenvalue weighted by Crippen LogP contribution is 2.19. The van der Waals surface area contributed by atoms with Gasteiger partial charge in [-0.25, -0.2) is 14.2 Å². The fourth-order valence-corrected chi connectivity index (χ4v) is 3.86. The van der Waals surface area contributed by atoms with Crippen LogP contribution in [0.2, 0.25) is 0 Å². The van der Waals surface area contributed by atoms with Gasteiger partial charge in [0.1, 0.15) is 11.6 Å². The van der Waals surface area contributed by atoms with Crippen molar-refractivity contribution in [1.82, 2.24) is 9.13 Å². The number of nitrogens with zero attached hydrogens (tertiary/aromatic N) is 3. The molecular formula is C27H32FN3O2. The first-order valence-electron chi connectivity index (χ1n) is 11.5. The first kappa shape index (κ1) is 24.4. The van der Waals surface area contributed by atoms with Crippen molar-refractivity contribution < 1.29 is 4.39 Å². The Labute approximate surface area is 194 Å². The van der Waals surface area contributed by atoms with E-state index in [2.05, 4.69) is 38.2 Å². The zero-order valence-corrected chi connectivity index (χ0v) is 19.9. The van der Waals surface area contributed by atoms with Crippen molar-refractivity contribution in [2.75, 3.05) is 0 Å². The maximum Gasteiger partial charge on any atom is 0.332 e. The third-order valence-corrected chi connectivity index (χ3v) is 5.72. The molecule has 1 aromatic heterocycles. The van der Waals surface area contributed by atoms with Gasteiger partial charge in [0.2, 0.25) is 0 Å². The van der Waals surface area contributed by atoms with Gasteiger partial charge in [0.05, 0.1) is 12.1 Å². The lowest BCUT2D eigenvalue weighted by atomic mass is 10.1. The molecule has 0 bridgehead atoms. The Bertz CT molecular complexity index is 1260. The number of benzene rings is 1. The van der Waals surface area contributed by atoms with Crippen LogP contribution in [0.1, 0.15) is 57.6 Å². The van der Waals surface area contributed by atoms with E-state index < -0.39 is 17.1 Å². The van der Waals surface area contributed by atoms with Crippen LogP contribution < -0.4 is 11.2 Å². The first-order valence-corrected chi connectivity index (χ1v) is 11.5. The second kappa shape index (κ2) is 11.0. The van der Waals surface area contributed by atoms with Gasteiger partial charge in [-0.2, -0.15) is 0 Å². The first-order chi connectivity index (χ1) is 15.8. The van der Waals surface area contributed by atoms with Gasteiger partial charge < -0.3 is 0 Å². The zero-order chi connectivity index (χ0) is 24.0. The van der Waals surface area contributed by atoms with E-state index >= 15 is 0 Å². The molecule has 2 aromatic rings. The lowest BCUT2D eigenvalue weighted by Crippen LogP contribution is -2.41. The molecule has 1 aliphatic rings. The van der Waals surface area contributed by atoms with Crippen molar-refractivity contribution in [2.45, 2.75) is 66.5 Å². The molecule has 3 rings (SSSR count). The highest BCUT2D eigenvalue weighted by Gasteiger charge is 2.17. The highest BCUT2D eigenvalue weighted by molar-refractivity contribution is 5.87. The predicted molar refractivity (Wildman–Crippen MR) is 133 cm³/mol. The lowest BCUT2D eigenvalue weighted by Gasteiger charge is -2.16. The van der Waals surface area contributed by atoms with Gasteiger partial charge in [0.15, 0.2) is 0 Å². The van der Waals surface area contributed by atoms with E-state index in [1.54, 1.807) is 23.6 Å². The average Bonchev–Trinajstić information content (AvgIpc) is 2.98. The Morgan fingerprint density at radius 1 is 1.12 bits per heavy atom. The Morgan fingerprint density at radius 3 is 2.64 bits per heavy atom. The van der Waals surface area contributed by atoms with Gasteiger partial charge in [0, 0.05) is 18.7 Å². The molecule has 0 spiro atoms. The topological polar surface area (TPSA) is 56.4 Å². The maximum absolute atomic E-state index is 13.6. The minimum Gasteiger partial charge on any atom is -0.278 e. The van der Waals surface area contributed by atoms with Gasteiger partial charge in [0.25, 0.3) is 5.56 Å². The largest absolute Gasteiger partial charge is 0.332 e. The molecule has 6 heteroatoms. The highest BCUT2D eigenvalue weighted by atomic mass is 19.1. The van der Waals surface area contributed by atoms with Crippen molar-refractivity contribution in [1.29, 1.82) is 0 Å². The number of unbranched alkanes of at least 4 members (excludes halogenated alkanes) is 1. The second-order valence-electron chi connectivity index (χ2n) is 8.58. The summed E-state index contributed by atoms with van der Waals surface area (Å²) in [5, 5.41) is 0. The van der Waals surface area contributed by atoms with Crippen molar-refractivity contribution in [3.05, 3.63) is 97.5 Å². The van der Waals surface area contributed by atoms with Crippen LogP contribution >= 0.6 is 0 Å². The molecule has 1 heterocycles. The van der Waals surface area contributed by atoms with Crippen LogP contribution in [-0.2, 0) is 13.1 Å². The van der Waals surface area contributed by atoms with E-state index in [9.17, 15) is 14.0 Å². The van der Waals surface area contributed by atoms with Crippen LogP contribution in [0.5, 0.6) is 0 Å². The summed E-state index contributed by atoms with van der Waals surface area (Å²) in [5.74, 6) is 0.0200. The standard InChI is InChI=1S/C27H32FN3O2/c1-5-6-15-30-25(29-20(3)16-22-10-7-9-19(2)13-14-22)21(4)26(32)31(27(30)33)18-23-11-8-12-24(28)17-23/h8-14,17H,5-7,15-16,18H2,1-4H3/b29-20+. The summed E-state index contributed by atoms with van der Waals surface area (Å²) in [5.41, 5.74) is 3.40. The van der Waals surface area contributed by atoms with E-state index in [1.807, 2.05) is 6.92 Å². The van der Waals surface area contributed by atoms with Crippen LogP contribution in [0.3, 0.4) is 0 Å². The van der Waals surface area contributed by atoms with Gasteiger partial charge in [-0.1, -0.05) is 55.4 Å². The van der Waals surface area contributed by atoms with Crippen LogP contribution in [0.25, 0.3) is 0 Å². The average molecular weight is 450 g/mol. The molecule has 5 nitrogen and oxygen atoms in total. The molecule has 174 valence electrons. The SMILES string of the molecule is CCCCn1c(/N=C(\C)CC2=CCC=C(C)C=C2)c(C)c(=O)n(Cc2cccc(F)c2)c1=O. The van der Waals surface area contributed by atoms with Crippen molar-refractivity contribution in [2.24, 2.45) is 4.99 Å². The summed E-state index contributed by atoms with van der Waals surface area (Å²) in [6, 6.07) is 5.97. The summed E-state index contributed by atoms with van der Waals surface area (Å²) in [6.07, 6.45) is 11.7. The van der Waals surface area contributed by atoms with Gasteiger partial charge in [-0.15, -0.1) is 0 Å². The third kappa shape index (κ3) is 6.15. The van der Waals surface area contributed by atoms with Gasteiger partial charge >= 0.3 is 5.69 Å². The van der Waals surface area contributed by atoms with Crippen molar-refractivity contribution in [3.8, 4) is 0 Å². The number of allylic oxidation sites excluding steroid dienone is 6. The maximum atomic E-state index is 13.6. The Hall–Kier alpha value is -3.28. The van der Waals surface area contributed by atoms with Crippen LogP contribution in [0, 0.1) is 12.7 Å². The number of hydrogen-bond acceptors (Lipinski definition) is 3. The van der Waals surface area contributed by atoms with Crippen molar-refractivity contribution >= 4 is 11.5 Å². The van der Waals surface area contributed by atoms with Crippen molar-refractivity contribution in [3.63, 3.8) is 0 Å². The van der Waals surface area contributed by atoms with E-state index in [4.69, 9.17) is 4.99 Å². The molecular weight excluding hydrogens is 417 g/mol. The molecule has 0 unspecified atom stereocenters. The normalized spacial score (nSPS) is 14.2. The molecule has 0 N–H and O–H groups in total. The molecule has 0 saturated heterocycles. The molecule has 0 fully saturated rings. The fourth-order valence-electron chi connectivity index (χ4n) is 3.86. The summed E-state index contributed by atoms with van der Waals surface area (Å²) >= 11 is 0. The number of hydrogen-bond donors (Lipinski definition) is 0. The van der Waals surface area contributed by atoms with Gasteiger partial charge in [-0.05, 0) is 56.9 Å². The number of halogens is 1. The molecule has 0 saturated carbocycles. The van der Waals surface area contributed by atoms with Crippen LogP contribution in [0.15, 0.2) is 74.3 Å². The number of rotatable bonds is 8. The van der Waals surface area contributed by atoms with E-state index in [1.165, 1.54) is 22.3 Å². The third-order valence-electron chi connectivity index (χ3n) is 5.72. The van der Waals surface area contributed by atoms with Gasteiger partial charge in [-0.3, -0.25) is 13.9 Å². The van der Waals surface area contributed by atoms with E-state index in [0.29, 0.717) is 29.9 Å². The summed E-state index contributed by atoms with van der Waals surface area (Å²) in [6.45, 7) is 8.24. The Balaban J connectivity index is 2.02. The smallest absolute Gasteiger partial charge is 0.278 e. The predicted octanol–water partition coefficient (Wildman–Crippen LogP) is 5.62. The number of aromatic nitrogens is 2. The zero-order valence-electron chi connectivity index (χ0n) is 19.9. The fraction of sp³-hybridized carbons (Fsp3) is 0.370. The molecule has 0 atom stereocenters. The van der Waals surface area contributed by atoms with Crippen LogP contribution in [-0.4, -0.2) is 14.8 Å². The quantitative estimate of drug-likeness (QED) is 0.491. The molecule has 0 aliphatic heterocycles. The summed E-state index contributed by atoms with van der Waals surface area (Å²) in [4.78, 5) is 31.2. The molecule has 1 aromatic carbocycles. The Morgan fingerprint density at radius 2 is 1.91 bits per heavy atom. The molecule has 1 aliphatic carbocycles.